The third-order valence-corrected chi connectivity index (χ3v) is 2.52. The number of nitrogens with one attached hydrogen (secondary N) is 1. The highest BCUT2D eigenvalue weighted by molar-refractivity contribution is 5.16. The van der Waals surface area contributed by atoms with Crippen molar-refractivity contribution in [1.82, 2.24) is 14.6 Å². The Hall–Kier alpha value is -1.84. The van der Waals surface area contributed by atoms with Crippen molar-refractivity contribution in [2.75, 3.05) is 5.43 Å². The Morgan fingerprint density at radius 2 is 1.81 bits per heavy atom. The first-order valence-electron chi connectivity index (χ1n) is 5.34. The van der Waals surface area contributed by atoms with E-state index in [1.165, 1.54) is 11.4 Å². The van der Waals surface area contributed by atoms with Gasteiger partial charge in [0, 0.05) is 17.6 Å². The van der Waals surface area contributed by atoms with Gasteiger partial charge in [-0.05, 0) is 39.0 Å². The van der Waals surface area contributed by atoms with Crippen LogP contribution in [0.3, 0.4) is 0 Å². The fourth-order valence-electron chi connectivity index (χ4n) is 1.68. The molecule has 0 aliphatic carbocycles. The number of nitrogens with zero attached hydrogens (tertiary/aromatic N) is 3. The van der Waals surface area contributed by atoms with E-state index in [9.17, 15) is 0 Å². The number of aryl methyl sites for hydroxylation is 3. The predicted molar refractivity (Wildman–Crippen MR) is 63.7 cm³/mol. The van der Waals surface area contributed by atoms with E-state index in [1.54, 1.807) is 6.20 Å². The summed E-state index contributed by atoms with van der Waals surface area (Å²) in [4.78, 5) is 8.42. The van der Waals surface area contributed by atoms with Crippen molar-refractivity contribution < 1.29 is 0 Å². The molecule has 0 radical (unpaired) electrons. The lowest BCUT2D eigenvalue weighted by atomic mass is 10.4. The lowest BCUT2D eigenvalue weighted by Crippen LogP contribution is -2.17. The molecule has 4 heteroatoms. The number of hydrogen-bond acceptors (Lipinski definition) is 3. The summed E-state index contributed by atoms with van der Waals surface area (Å²) in [6.07, 6.45) is 1.79. The van der Waals surface area contributed by atoms with Crippen LogP contribution < -0.4 is 5.43 Å². The van der Waals surface area contributed by atoms with Gasteiger partial charge in [0.05, 0.1) is 12.2 Å². The highest BCUT2D eigenvalue weighted by Gasteiger charge is 2.00. The fraction of sp³-hybridized carbons (Fsp3) is 0.333. The van der Waals surface area contributed by atoms with Crippen LogP contribution in [0.15, 0.2) is 24.4 Å². The number of aromatic nitrogens is 3. The molecule has 0 unspecified atom stereocenters. The van der Waals surface area contributed by atoms with Crippen LogP contribution in [0.4, 0.5) is 0 Å². The van der Waals surface area contributed by atoms with Crippen molar-refractivity contribution in [3.63, 3.8) is 0 Å². The minimum atomic E-state index is 0.708. The van der Waals surface area contributed by atoms with Crippen LogP contribution in [-0.2, 0) is 6.54 Å². The normalized spacial score (nSPS) is 10.4. The second kappa shape index (κ2) is 4.35. The van der Waals surface area contributed by atoms with Gasteiger partial charge in [-0.3, -0.25) is 4.68 Å². The Kier molecular flexibility index (Phi) is 2.90. The van der Waals surface area contributed by atoms with Gasteiger partial charge in [0.1, 0.15) is 5.82 Å². The summed E-state index contributed by atoms with van der Waals surface area (Å²) in [7, 11) is 0. The summed E-state index contributed by atoms with van der Waals surface area (Å²) in [5, 5.41) is 0. The third kappa shape index (κ3) is 2.21. The molecular formula is C12H16N4. The molecule has 2 aromatic heterocycles. The molecule has 2 aromatic rings. The summed E-state index contributed by atoms with van der Waals surface area (Å²) < 4.78 is 2.07. The zero-order chi connectivity index (χ0) is 11.5. The molecule has 2 rings (SSSR count). The molecule has 1 N–H and O–H groups in total. The molecule has 84 valence electrons. The highest BCUT2D eigenvalue weighted by atomic mass is 15.4. The van der Waals surface area contributed by atoms with Crippen molar-refractivity contribution >= 4 is 0 Å². The van der Waals surface area contributed by atoms with E-state index in [0.717, 1.165) is 11.5 Å². The summed E-state index contributed by atoms with van der Waals surface area (Å²) >= 11 is 0. The van der Waals surface area contributed by atoms with Gasteiger partial charge in [-0.2, -0.15) is 0 Å². The quantitative estimate of drug-likeness (QED) is 0.852. The summed E-state index contributed by atoms with van der Waals surface area (Å²) in [6, 6.07) is 6.11. The van der Waals surface area contributed by atoms with E-state index in [1.807, 2.05) is 13.0 Å². The standard InChI is InChI=1S/C12H16N4/c1-9-4-5-10(2)16(9)14-8-12-6-7-13-11(3)15-12/h4-7,14H,8H2,1-3H3. The van der Waals surface area contributed by atoms with E-state index in [0.29, 0.717) is 6.54 Å². The first-order valence-corrected chi connectivity index (χ1v) is 5.34. The van der Waals surface area contributed by atoms with Gasteiger partial charge in [0.15, 0.2) is 0 Å². The Morgan fingerprint density at radius 1 is 1.12 bits per heavy atom. The largest absolute Gasteiger partial charge is 0.320 e. The van der Waals surface area contributed by atoms with Crippen molar-refractivity contribution in [3.05, 3.63) is 47.3 Å². The maximum atomic E-state index is 4.35. The number of hydrogen-bond donors (Lipinski definition) is 1. The van der Waals surface area contributed by atoms with Crippen LogP contribution in [0, 0.1) is 20.8 Å². The topological polar surface area (TPSA) is 42.7 Å². The van der Waals surface area contributed by atoms with Crippen molar-refractivity contribution in [3.8, 4) is 0 Å². The van der Waals surface area contributed by atoms with Crippen LogP contribution in [0.25, 0.3) is 0 Å². The fourth-order valence-corrected chi connectivity index (χ4v) is 1.68. The molecule has 0 aliphatic heterocycles. The summed E-state index contributed by atoms with van der Waals surface area (Å²) in [6.45, 7) is 6.76. The first-order chi connectivity index (χ1) is 7.66. The second-order valence-corrected chi connectivity index (χ2v) is 3.88. The summed E-state index contributed by atoms with van der Waals surface area (Å²) in [5.41, 5.74) is 6.73. The second-order valence-electron chi connectivity index (χ2n) is 3.88. The molecule has 0 saturated heterocycles. The molecule has 0 atom stereocenters. The maximum Gasteiger partial charge on any atom is 0.125 e. The zero-order valence-corrected chi connectivity index (χ0v) is 9.86. The maximum absolute atomic E-state index is 4.35. The van der Waals surface area contributed by atoms with Gasteiger partial charge in [0.25, 0.3) is 0 Å². The molecule has 16 heavy (non-hydrogen) atoms. The van der Waals surface area contributed by atoms with Crippen LogP contribution in [0.5, 0.6) is 0 Å². The number of rotatable bonds is 3. The predicted octanol–water partition coefficient (Wildman–Crippen LogP) is 1.95. The molecule has 0 saturated carbocycles. The smallest absolute Gasteiger partial charge is 0.125 e. The van der Waals surface area contributed by atoms with Crippen LogP contribution >= 0.6 is 0 Å². The highest BCUT2D eigenvalue weighted by Crippen LogP contribution is 2.05. The molecule has 0 spiro atoms. The van der Waals surface area contributed by atoms with E-state index < -0.39 is 0 Å². The zero-order valence-electron chi connectivity index (χ0n) is 9.86. The minimum Gasteiger partial charge on any atom is -0.320 e. The van der Waals surface area contributed by atoms with Gasteiger partial charge in [0.2, 0.25) is 0 Å². The Bertz CT molecular complexity index is 468. The van der Waals surface area contributed by atoms with Crippen LogP contribution in [0.2, 0.25) is 0 Å². The average molecular weight is 216 g/mol. The lowest BCUT2D eigenvalue weighted by molar-refractivity contribution is 0.774. The van der Waals surface area contributed by atoms with Crippen molar-refractivity contribution in [2.45, 2.75) is 27.3 Å². The van der Waals surface area contributed by atoms with Crippen molar-refractivity contribution in [1.29, 1.82) is 0 Å². The van der Waals surface area contributed by atoms with Crippen molar-refractivity contribution in [2.24, 2.45) is 0 Å². The van der Waals surface area contributed by atoms with Crippen LogP contribution in [-0.4, -0.2) is 14.6 Å². The average Bonchev–Trinajstić information content (AvgIpc) is 2.56. The van der Waals surface area contributed by atoms with Gasteiger partial charge in [-0.1, -0.05) is 0 Å². The molecule has 0 amide bonds. The molecule has 0 bridgehead atoms. The van der Waals surface area contributed by atoms with E-state index >= 15 is 0 Å². The molecule has 2 heterocycles. The van der Waals surface area contributed by atoms with Crippen LogP contribution in [0.1, 0.15) is 22.9 Å². The minimum absolute atomic E-state index is 0.708. The van der Waals surface area contributed by atoms with E-state index in [-0.39, 0.29) is 0 Å². The molecular weight excluding hydrogens is 200 g/mol. The Labute approximate surface area is 95.3 Å². The van der Waals surface area contributed by atoms with Gasteiger partial charge in [-0.15, -0.1) is 0 Å². The lowest BCUT2D eigenvalue weighted by Gasteiger charge is -2.12. The Morgan fingerprint density at radius 3 is 2.44 bits per heavy atom. The van der Waals surface area contributed by atoms with Gasteiger partial charge < -0.3 is 5.43 Å². The van der Waals surface area contributed by atoms with E-state index in [2.05, 4.69) is 46.1 Å². The monoisotopic (exact) mass is 216 g/mol. The summed E-state index contributed by atoms with van der Waals surface area (Å²) in [5.74, 6) is 0.806. The van der Waals surface area contributed by atoms with Gasteiger partial charge in [-0.25, -0.2) is 9.97 Å². The first kappa shape index (κ1) is 10.7. The molecule has 0 fully saturated rings. The molecule has 0 aromatic carbocycles. The van der Waals surface area contributed by atoms with Gasteiger partial charge >= 0.3 is 0 Å². The molecule has 0 aliphatic rings. The SMILES string of the molecule is Cc1nccc(CNn2c(C)ccc2C)n1. The Balaban J connectivity index is 2.08. The third-order valence-electron chi connectivity index (χ3n) is 2.52. The molecule has 4 nitrogen and oxygen atoms in total. The van der Waals surface area contributed by atoms with E-state index in [4.69, 9.17) is 0 Å².